The highest BCUT2D eigenvalue weighted by atomic mass is 16.6. The number of benzene rings is 2. The van der Waals surface area contributed by atoms with E-state index in [1.807, 2.05) is 31.2 Å². The summed E-state index contributed by atoms with van der Waals surface area (Å²) in [5, 5.41) is 13.5. The van der Waals surface area contributed by atoms with Gasteiger partial charge in [-0.25, -0.2) is 0 Å². The summed E-state index contributed by atoms with van der Waals surface area (Å²) in [5.74, 6) is -0.333. The van der Waals surface area contributed by atoms with Crippen LogP contribution >= 0.6 is 0 Å². The van der Waals surface area contributed by atoms with Crippen molar-refractivity contribution in [2.24, 2.45) is 0 Å². The summed E-state index contributed by atoms with van der Waals surface area (Å²) < 4.78 is 0. The van der Waals surface area contributed by atoms with E-state index in [-0.39, 0.29) is 30.0 Å². The molecule has 1 fully saturated rings. The van der Waals surface area contributed by atoms with Gasteiger partial charge in [-0.3, -0.25) is 19.7 Å². The van der Waals surface area contributed by atoms with E-state index in [2.05, 4.69) is 5.32 Å². The maximum atomic E-state index is 12.2. The van der Waals surface area contributed by atoms with Gasteiger partial charge < -0.3 is 10.2 Å². The maximum Gasteiger partial charge on any atom is 0.269 e. The van der Waals surface area contributed by atoms with Crippen molar-refractivity contribution in [3.63, 3.8) is 0 Å². The van der Waals surface area contributed by atoms with Gasteiger partial charge in [0.15, 0.2) is 0 Å². The average molecular weight is 365 g/mol. The molecule has 1 aliphatic rings. The standard InChI is InChI=1S/C20H19N3O4/c1-14-2-7-17(8-3-14)22-13-16(12-20(22)25)21-19(24)11-6-15-4-9-18(10-5-15)23(26)27/h2-11,16H,12-13H2,1H3,(H,21,24). The lowest BCUT2D eigenvalue weighted by molar-refractivity contribution is -0.384. The van der Waals surface area contributed by atoms with Crippen LogP contribution in [0.15, 0.2) is 54.6 Å². The van der Waals surface area contributed by atoms with Gasteiger partial charge in [-0.05, 0) is 42.8 Å². The molecule has 2 aromatic carbocycles. The quantitative estimate of drug-likeness (QED) is 0.501. The van der Waals surface area contributed by atoms with Crippen LogP contribution in [0.5, 0.6) is 0 Å². The Morgan fingerprint density at radius 2 is 1.85 bits per heavy atom. The van der Waals surface area contributed by atoms with Gasteiger partial charge in [-0.2, -0.15) is 0 Å². The highest BCUT2D eigenvalue weighted by Gasteiger charge is 2.31. The van der Waals surface area contributed by atoms with Gasteiger partial charge in [0.25, 0.3) is 5.69 Å². The summed E-state index contributed by atoms with van der Waals surface area (Å²) in [6, 6.07) is 13.3. The van der Waals surface area contributed by atoms with Crippen LogP contribution in [-0.4, -0.2) is 29.3 Å². The van der Waals surface area contributed by atoms with Crippen LogP contribution in [0.3, 0.4) is 0 Å². The number of hydrogen-bond donors (Lipinski definition) is 1. The third kappa shape index (κ3) is 4.58. The molecule has 0 saturated carbocycles. The fourth-order valence-corrected chi connectivity index (χ4v) is 2.91. The van der Waals surface area contributed by atoms with Crippen LogP contribution in [0.2, 0.25) is 0 Å². The third-order valence-electron chi connectivity index (χ3n) is 4.35. The number of carbonyl (C=O) groups is 2. The first kappa shape index (κ1) is 18.3. The Morgan fingerprint density at radius 1 is 1.19 bits per heavy atom. The summed E-state index contributed by atoms with van der Waals surface area (Å²) in [5.41, 5.74) is 2.62. The van der Waals surface area contributed by atoms with E-state index in [1.165, 1.54) is 18.2 Å². The van der Waals surface area contributed by atoms with Crippen LogP contribution in [-0.2, 0) is 9.59 Å². The number of nitrogens with zero attached hydrogens (tertiary/aromatic N) is 2. The predicted octanol–water partition coefficient (Wildman–Crippen LogP) is 2.84. The SMILES string of the molecule is Cc1ccc(N2CC(NC(=O)C=Cc3ccc([N+](=O)[O-])cc3)CC2=O)cc1. The van der Waals surface area contributed by atoms with Gasteiger partial charge in [-0.1, -0.05) is 17.7 Å². The molecule has 1 unspecified atom stereocenters. The van der Waals surface area contributed by atoms with Crippen LogP contribution < -0.4 is 10.2 Å². The average Bonchev–Trinajstić information content (AvgIpc) is 3.01. The molecule has 0 aliphatic carbocycles. The molecule has 0 bridgehead atoms. The molecule has 2 aromatic rings. The topological polar surface area (TPSA) is 92.6 Å². The van der Waals surface area contributed by atoms with Gasteiger partial charge in [0.1, 0.15) is 0 Å². The van der Waals surface area contributed by atoms with Crippen LogP contribution in [0.1, 0.15) is 17.5 Å². The van der Waals surface area contributed by atoms with Crippen molar-refractivity contribution in [3.8, 4) is 0 Å². The number of anilines is 1. The van der Waals surface area contributed by atoms with Crippen molar-refractivity contribution < 1.29 is 14.5 Å². The van der Waals surface area contributed by atoms with E-state index < -0.39 is 4.92 Å². The fourth-order valence-electron chi connectivity index (χ4n) is 2.91. The molecule has 1 N–H and O–H groups in total. The minimum atomic E-state index is -0.475. The lowest BCUT2D eigenvalue weighted by Crippen LogP contribution is -2.36. The van der Waals surface area contributed by atoms with E-state index in [1.54, 1.807) is 23.1 Å². The largest absolute Gasteiger partial charge is 0.347 e. The Labute approximate surface area is 156 Å². The fraction of sp³-hybridized carbons (Fsp3) is 0.200. The maximum absolute atomic E-state index is 12.2. The Kier molecular flexibility index (Phi) is 5.30. The van der Waals surface area contributed by atoms with Gasteiger partial charge >= 0.3 is 0 Å². The van der Waals surface area contributed by atoms with Crippen molar-refractivity contribution in [2.45, 2.75) is 19.4 Å². The van der Waals surface area contributed by atoms with E-state index in [4.69, 9.17) is 0 Å². The van der Waals surface area contributed by atoms with Crippen molar-refractivity contribution >= 4 is 29.3 Å². The lowest BCUT2D eigenvalue weighted by Gasteiger charge is -2.17. The van der Waals surface area contributed by atoms with Crippen molar-refractivity contribution in [1.82, 2.24) is 5.32 Å². The molecule has 138 valence electrons. The third-order valence-corrected chi connectivity index (χ3v) is 4.35. The number of carbonyl (C=O) groups excluding carboxylic acids is 2. The zero-order valence-corrected chi connectivity index (χ0v) is 14.8. The van der Waals surface area contributed by atoms with Crippen molar-refractivity contribution in [2.75, 3.05) is 11.4 Å². The lowest BCUT2D eigenvalue weighted by atomic mass is 10.2. The second-order valence-electron chi connectivity index (χ2n) is 6.43. The Balaban J connectivity index is 1.57. The number of rotatable bonds is 5. The molecule has 0 aromatic heterocycles. The predicted molar refractivity (Wildman–Crippen MR) is 102 cm³/mol. The van der Waals surface area contributed by atoms with Crippen molar-refractivity contribution in [3.05, 3.63) is 75.8 Å². The number of nitrogens with one attached hydrogen (secondary N) is 1. The molecule has 0 spiro atoms. The van der Waals surface area contributed by atoms with Crippen LogP contribution in [0.25, 0.3) is 6.08 Å². The first-order chi connectivity index (χ1) is 12.9. The molecule has 1 aliphatic heterocycles. The van der Waals surface area contributed by atoms with Gasteiger partial charge in [0.05, 0.1) is 11.0 Å². The number of aryl methyl sites for hydroxylation is 1. The zero-order chi connectivity index (χ0) is 19.4. The number of nitro groups is 1. The minimum Gasteiger partial charge on any atom is -0.347 e. The molecular formula is C20H19N3O4. The smallest absolute Gasteiger partial charge is 0.269 e. The molecule has 27 heavy (non-hydrogen) atoms. The number of nitro benzene ring substituents is 1. The molecule has 2 amide bonds. The summed E-state index contributed by atoms with van der Waals surface area (Å²) >= 11 is 0. The molecule has 1 atom stereocenters. The molecule has 7 heteroatoms. The zero-order valence-electron chi connectivity index (χ0n) is 14.8. The molecule has 1 saturated heterocycles. The Morgan fingerprint density at radius 3 is 2.48 bits per heavy atom. The van der Waals surface area contributed by atoms with Crippen molar-refractivity contribution in [1.29, 1.82) is 0 Å². The number of hydrogen-bond acceptors (Lipinski definition) is 4. The first-order valence-corrected chi connectivity index (χ1v) is 8.52. The van der Waals surface area contributed by atoms with Gasteiger partial charge in [0, 0.05) is 36.9 Å². The van der Waals surface area contributed by atoms with E-state index in [0.717, 1.165) is 11.3 Å². The Bertz CT molecular complexity index is 888. The van der Waals surface area contributed by atoms with Gasteiger partial charge in [0.2, 0.25) is 11.8 Å². The van der Waals surface area contributed by atoms with Crippen LogP contribution in [0.4, 0.5) is 11.4 Å². The summed E-state index contributed by atoms with van der Waals surface area (Å²) in [7, 11) is 0. The van der Waals surface area contributed by atoms with E-state index in [0.29, 0.717) is 12.1 Å². The second kappa shape index (κ2) is 7.82. The molecule has 0 radical (unpaired) electrons. The molecule has 7 nitrogen and oxygen atoms in total. The highest BCUT2D eigenvalue weighted by Crippen LogP contribution is 2.22. The second-order valence-corrected chi connectivity index (χ2v) is 6.43. The summed E-state index contributed by atoms with van der Waals surface area (Å²) in [4.78, 5) is 36.2. The van der Waals surface area contributed by atoms with E-state index in [9.17, 15) is 19.7 Å². The molecule has 1 heterocycles. The first-order valence-electron chi connectivity index (χ1n) is 8.52. The normalized spacial score (nSPS) is 16.7. The van der Waals surface area contributed by atoms with Gasteiger partial charge in [-0.15, -0.1) is 0 Å². The molecular weight excluding hydrogens is 346 g/mol. The van der Waals surface area contributed by atoms with E-state index >= 15 is 0 Å². The highest BCUT2D eigenvalue weighted by molar-refractivity contribution is 5.98. The molecule has 3 rings (SSSR count). The summed E-state index contributed by atoms with van der Waals surface area (Å²) in [6.45, 7) is 2.41. The summed E-state index contributed by atoms with van der Waals surface area (Å²) in [6.07, 6.45) is 3.19. The Hall–Kier alpha value is -3.48. The van der Waals surface area contributed by atoms with Crippen LogP contribution in [0, 0.1) is 17.0 Å². The number of amides is 2. The monoisotopic (exact) mass is 365 g/mol. The number of non-ortho nitro benzene ring substituents is 1. The minimum absolute atomic E-state index is 0.00253.